The second-order valence-corrected chi connectivity index (χ2v) is 5.04. The quantitative estimate of drug-likeness (QED) is 0.309. The standard InChI is InChI=1S/C14H25N5.HI/c1-2-15-14(17-10-7-13-5-6-13)16-8-3-11-19-12-4-9-18-19;/h4,9,12-13H,2-3,5-8,10-11H2,1H3,(H2,15,16,17);1H. The predicted molar refractivity (Wildman–Crippen MR) is 93.6 cm³/mol. The molecule has 0 saturated heterocycles. The molecule has 1 aromatic heterocycles. The van der Waals surface area contributed by atoms with Gasteiger partial charge in [-0.15, -0.1) is 24.0 Å². The number of aliphatic imine (C=N–C) groups is 1. The SMILES string of the molecule is CCNC(=NCCCn1cccn1)NCCC1CC1.I. The topological polar surface area (TPSA) is 54.2 Å². The summed E-state index contributed by atoms with van der Waals surface area (Å²) < 4.78 is 1.95. The summed E-state index contributed by atoms with van der Waals surface area (Å²) in [5.74, 6) is 1.92. The van der Waals surface area contributed by atoms with Gasteiger partial charge < -0.3 is 10.6 Å². The van der Waals surface area contributed by atoms with Crippen molar-refractivity contribution in [2.45, 2.75) is 39.2 Å². The molecule has 0 unspecified atom stereocenters. The Hall–Kier alpha value is -0.790. The summed E-state index contributed by atoms with van der Waals surface area (Å²) in [5.41, 5.74) is 0. The van der Waals surface area contributed by atoms with Crippen LogP contribution in [0.15, 0.2) is 23.5 Å². The van der Waals surface area contributed by atoms with Crippen LogP contribution in [0.25, 0.3) is 0 Å². The number of nitrogens with zero attached hydrogens (tertiary/aromatic N) is 3. The molecule has 0 aromatic carbocycles. The maximum Gasteiger partial charge on any atom is 0.191 e. The van der Waals surface area contributed by atoms with Crippen LogP contribution in [0.1, 0.15) is 32.6 Å². The van der Waals surface area contributed by atoms with Crippen molar-refractivity contribution >= 4 is 29.9 Å². The second kappa shape index (κ2) is 10.0. The normalized spacial score (nSPS) is 14.8. The van der Waals surface area contributed by atoms with Crippen molar-refractivity contribution in [1.29, 1.82) is 0 Å². The number of halogens is 1. The lowest BCUT2D eigenvalue weighted by Crippen LogP contribution is -2.38. The van der Waals surface area contributed by atoms with Crippen molar-refractivity contribution in [3.63, 3.8) is 0 Å². The molecule has 1 fully saturated rings. The van der Waals surface area contributed by atoms with Gasteiger partial charge in [-0.3, -0.25) is 9.67 Å². The molecule has 1 aromatic rings. The highest BCUT2D eigenvalue weighted by atomic mass is 127. The molecule has 5 nitrogen and oxygen atoms in total. The fraction of sp³-hybridized carbons (Fsp3) is 0.714. The van der Waals surface area contributed by atoms with E-state index in [1.54, 1.807) is 0 Å². The zero-order valence-corrected chi connectivity index (χ0v) is 14.5. The van der Waals surface area contributed by atoms with Crippen LogP contribution in [-0.2, 0) is 6.54 Å². The van der Waals surface area contributed by atoms with Crippen molar-refractivity contribution in [3.05, 3.63) is 18.5 Å². The van der Waals surface area contributed by atoms with Crippen LogP contribution in [-0.4, -0.2) is 35.4 Å². The Balaban J connectivity index is 0.00000200. The van der Waals surface area contributed by atoms with E-state index in [4.69, 9.17) is 0 Å². The number of hydrogen-bond donors (Lipinski definition) is 2. The summed E-state index contributed by atoms with van der Waals surface area (Å²) in [6, 6.07) is 1.95. The first-order chi connectivity index (χ1) is 9.38. The van der Waals surface area contributed by atoms with E-state index in [9.17, 15) is 0 Å². The zero-order valence-electron chi connectivity index (χ0n) is 12.2. The fourth-order valence-electron chi connectivity index (χ4n) is 2.00. The van der Waals surface area contributed by atoms with Gasteiger partial charge in [0.15, 0.2) is 5.96 Å². The van der Waals surface area contributed by atoms with Crippen LogP contribution in [0.4, 0.5) is 0 Å². The molecular weight excluding hydrogens is 365 g/mol. The summed E-state index contributed by atoms with van der Waals surface area (Å²) in [5, 5.41) is 10.9. The zero-order chi connectivity index (χ0) is 13.3. The number of hydrogen-bond acceptors (Lipinski definition) is 2. The Labute approximate surface area is 138 Å². The summed E-state index contributed by atoms with van der Waals surface area (Å²) in [7, 11) is 0. The lowest BCUT2D eigenvalue weighted by atomic mass is 10.3. The van der Waals surface area contributed by atoms with Gasteiger partial charge in [0.25, 0.3) is 0 Å². The van der Waals surface area contributed by atoms with Gasteiger partial charge in [0.1, 0.15) is 0 Å². The van der Waals surface area contributed by atoms with Crippen molar-refractivity contribution in [3.8, 4) is 0 Å². The largest absolute Gasteiger partial charge is 0.357 e. The van der Waals surface area contributed by atoms with Gasteiger partial charge >= 0.3 is 0 Å². The molecule has 0 bridgehead atoms. The van der Waals surface area contributed by atoms with Gasteiger partial charge in [-0.2, -0.15) is 5.10 Å². The summed E-state index contributed by atoms with van der Waals surface area (Å²) in [4.78, 5) is 4.58. The molecule has 2 rings (SSSR count). The third-order valence-corrected chi connectivity index (χ3v) is 3.26. The minimum Gasteiger partial charge on any atom is -0.357 e. The first kappa shape index (κ1) is 17.3. The summed E-state index contributed by atoms with van der Waals surface area (Å²) in [6.07, 6.45) is 8.92. The summed E-state index contributed by atoms with van der Waals surface area (Å²) >= 11 is 0. The molecule has 20 heavy (non-hydrogen) atoms. The molecule has 0 amide bonds. The van der Waals surface area contributed by atoms with E-state index in [1.165, 1.54) is 19.3 Å². The lowest BCUT2D eigenvalue weighted by molar-refractivity contribution is 0.583. The molecule has 1 aliphatic rings. The molecule has 0 aliphatic heterocycles. The minimum atomic E-state index is 0. The van der Waals surface area contributed by atoms with Crippen LogP contribution >= 0.6 is 24.0 Å². The fourth-order valence-corrected chi connectivity index (χ4v) is 2.00. The van der Waals surface area contributed by atoms with Gasteiger partial charge in [-0.05, 0) is 31.7 Å². The Kier molecular flexibility index (Phi) is 8.64. The smallest absolute Gasteiger partial charge is 0.191 e. The molecule has 0 atom stereocenters. The maximum atomic E-state index is 4.58. The average molecular weight is 391 g/mol. The van der Waals surface area contributed by atoms with Gasteiger partial charge in [0, 0.05) is 38.6 Å². The molecule has 1 heterocycles. The molecule has 1 aliphatic carbocycles. The Bertz CT molecular complexity index is 373. The van der Waals surface area contributed by atoms with Crippen LogP contribution < -0.4 is 10.6 Å². The first-order valence-electron chi connectivity index (χ1n) is 7.38. The molecule has 2 N–H and O–H groups in total. The predicted octanol–water partition coefficient (Wildman–Crippen LogP) is 2.25. The van der Waals surface area contributed by atoms with E-state index in [1.807, 2.05) is 23.1 Å². The van der Waals surface area contributed by atoms with E-state index >= 15 is 0 Å². The number of nitrogens with one attached hydrogen (secondary N) is 2. The van der Waals surface area contributed by atoms with Crippen molar-refractivity contribution in [2.75, 3.05) is 19.6 Å². The van der Waals surface area contributed by atoms with Gasteiger partial charge in [-0.1, -0.05) is 12.8 Å². The average Bonchev–Trinajstić information content (AvgIpc) is 3.09. The lowest BCUT2D eigenvalue weighted by Gasteiger charge is -2.10. The number of aryl methyl sites for hydroxylation is 1. The highest BCUT2D eigenvalue weighted by Crippen LogP contribution is 2.31. The van der Waals surface area contributed by atoms with Crippen LogP contribution in [0.5, 0.6) is 0 Å². The van der Waals surface area contributed by atoms with E-state index in [0.29, 0.717) is 0 Å². The molecule has 0 radical (unpaired) electrons. The highest BCUT2D eigenvalue weighted by Gasteiger charge is 2.20. The number of rotatable bonds is 8. The van der Waals surface area contributed by atoms with E-state index in [0.717, 1.165) is 44.5 Å². The molecule has 0 spiro atoms. The number of guanidine groups is 1. The van der Waals surface area contributed by atoms with Crippen molar-refractivity contribution < 1.29 is 0 Å². The molecule has 114 valence electrons. The monoisotopic (exact) mass is 391 g/mol. The highest BCUT2D eigenvalue weighted by molar-refractivity contribution is 14.0. The minimum absolute atomic E-state index is 0. The van der Waals surface area contributed by atoms with Crippen molar-refractivity contribution in [2.24, 2.45) is 10.9 Å². The third kappa shape index (κ3) is 7.12. The molecule has 6 heteroatoms. The second-order valence-electron chi connectivity index (χ2n) is 5.04. The van der Waals surface area contributed by atoms with Crippen LogP contribution in [0.3, 0.4) is 0 Å². The maximum absolute atomic E-state index is 4.58. The van der Waals surface area contributed by atoms with E-state index in [2.05, 4.69) is 27.6 Å². The Morgan fingerprint density at radius 3 is 2.90 bits per heavy atom. The van der Waals surface area contributed by atoms with Crippen molar-refractivity contribution in [1.82, 2.24) is 20.4 Å². The summed E-state index contributed by atoms with van der Waals surface area (Å²) in [6.45, 7) is 5.81. The Morgan fingerprint density at radius 1 is 1.40 bits per heavy atom. The third-order valence-electron chi connectivity index (χ3n) is 3.26. The molecular formula is C14H26IN5. The Morgan fingerprint density at radius 2 is 2.25 bits per heavy atom. The van der Waals surface area contributed by atoms with E-state index in [-0.39, 0.29) is 24.0 Å². The van der Waals surface area contributed by atoms with Gasteiger partial charge in [-0.25, -0.2) is 0 Å². The van der Waals surface area contributed by atoms with Gasteiger partial charge in [0.05, 0.1) is 0 Å². The van der Waals surface area contributed by atoms with Gasteiger partial charge in [0.2, 0.25) is 0 Å². The van der Waals surface area contributed by atoms with Crippen LogP contribution in [0.2, 0.25) is 0 Å². The first-order valence-corrected chi connectivity index (χ1v) is 7.38. The number of aromatic nitrogens is 2. The van der Waals surface area contributed by atoms with Crippen LogP contribution in [0, 0.1) is 5.92 Å². The van der Waals surface area contributed by atoms with E-state index < -0.39 is 0 Å². The molecule has 1 saturated carbocycles.